The van der Waals surface area contributed by atoms with Crippen LogP contribution in [0.5, 0.6) is 0 Å². The highest BCUT2D eigenvalue weighted by molar-refractivity contribution is 6.30. The summed E-state index contributed by atoms with van der Waals surface area (Å²) in [6.45, 7) is 3.84. The zero-order valence-corrected chi connectivity index (χ0v) is 14.2. The van der Waals surface area contributed by atoms with Crippen molar-refractivity contribution >= 4 is 17.5 Å². The first kappa shape index (κ1) is 16.7. The Bertz CT molecular complexity index is 520. The van der Waals surface area contributed by atoms with Crippen molar-refractivity contribution in [1.29, 1.82) is 0 Å². The average molecular weight is 337 g/mol. The first-order valence-corrected chi connectivity index (χ1v) is 8.96. The molecule has 1 amide bonds. The fraction of sp³-hybridized carbons (Fsp3) is 0.611. The number of halogens is 1. The maximum atomic E-state index is 12.4. The van der Waals surface area contributed by atoms with Crippen LogP contribution in [0.15, 0.2) is 24.3 Å². The number of β-amino-alcohol motifs (C(OH)–C–C–N with tert-alkyl or cyclic N) is 1. The number of hydrogen-bond acceptors (Lipinski definition) is 3. The van der Waals surface area contributed by atoms with Gasteiger partial charge in [-0.1, -0.05) is 36.6 Å². The van der Waals surface area contributed by atoms with Crippen LogP contribution in [0.1, 0.15) is 37.4 Å². The number of carbonyl (C=O) groups is 1. The molecule has 126 valence electrons. The van der Waals surface area contributed by atoms with E-state index in [1.807, 2.05) is 17.0 Å². The van der Waals surface area contributed by atoms with E-state index in [2.05, 4.69) is 4.90 Å². The molecule has 23 heavy (non-hydrogen) atoms. The fourth-order valence-corrected chi connectivity index (χ4v) is 3.74. The van der Waals surface area contributed by atoms with Gasteiger partial charge in [0.05, 0.1) is 6.10 Å². The average Bonchev–Trinajstić information content (AvgIpc) is 3.10. The van der Waals surface area contributed by atoms with Crippen LogP contribution in [0, 0.1) is 5.92 Å². The van der Waals surface area contributed by atoms with Gasteiger partial charge in [-0.3, -0.25) is 9.69 Å². The van der Waals surface area contributed by atoms with E-state index < -0.39 is 6.10 Å². The molecule has 1 saturated carbocycles. The maximum Gasteiger partial charge on any atom is 0.225 e. The van der Waals surface area contributed by atoms with Crippen molar-refractivity contribution in [3.8, 4) is 0 Å². The molecule has 1 aromatic carbocycles. The number of benzene rings is 1. The molecule has 1 aromatic rings. The van der Waals surface area contributed by atoms with Gasteiger partial charge in [-0.05, 0) is 30.5 Å². The van der Waals surface area contributed by atoms with Crippen molar-refractivity contribution in [2.45, 2.75) is 31.8 Å². The van der Waals surface area contributed by atoms with Crippen LogP contribution in [0.4, 0.5) is 0 Å². The van der Waals surface area contributed by atoms with E-state index >= 15 is 0 Å². The molecule has 0 radical (unpaired) electrons. The number of rotatable bonds is 4. The second kappa shape index (κ2) is 7.65. The van der Waals surface area contributed by atoms with Crippen LogP contribution < -0.4 is 0 Å². The molecule has 2 fully saturated rings. The number of aliphatic hydroxyl groups is 1. The first-order valence-electron chi connectivity index (χ1n) is 8.58. The quantitative estimate of drug-likeness (QED) is 0.919. The zero-order valence-electron chi connectivity index (χ0n) is 13.5. The number of nitrogens with zero attached hydrogens (tertiary/aromatic N) is 2. The number of hydrogen-bond donors (Lipinski definition) is 1. The van der Waals surface area contributed by atoms with E-state index in [0.29, 0.717) is 17.5 Å². The summed E-state index contributed by atoms with van der Waals surface area (Å²) < 4.78 is 0. The summed E-state index contributed by atoms with van der Waals surface area (Å²) in [6, 6.07) is 7.34. The van der Waals surface area contributed by atoms with Gasteiger partial charge in [0.15, 0.2) is 0 Å². The lowest BCUT2D eigenvalue weighted by atomic mass is 10.1. The Kier molecular flexibility index (Phi) is 5.57. The molecule has 4 nitrogen and oxygen atoms in total. The highest BCUT2D eigenvalue weighted by atomic mass is 35.5. The molecule has 1 aliphatic carbocycles. The lowest BCUT2D eigenvalue weighted by Gasteiger charge is -2.36. The summed E-state index contributed by atoms with van der Waals surface area (Å²) in [5, 5.41) is 11.0. The van der Waals surface area contributed by atoms with E-state index in [9.17, 15) is 9.90 Å². The van der Waals surface area contributed by atoms with E-state index in [4.69, 9.17) is 11.6 Å². The van der Waals surface area contributed by atoms with Crippen LogP contribution in [0.2, 0.25) is 5.02 Å². The largest absolute Gasteiger partial charge is 0.387 e. The normalized spacial score (nSPS) is 21.6. The molecule has 1 atom stereocenters. The SMILES string of the molecule is O=C(C1CCCC1)N1CCN(C[C@@H](O)c2ccc(Cl)cc2)CC1. The van der Waals surface area contributed by atoms with Gasteiger partial charge >= 0.3 is 0 Å². The van der Waals surface area contributed by atoms with Gasteiger partial charge < -0.3 is 10.0 Å². The van der Waals surface area contributed by atoms with Gasteiger partial charge in [-0.15, -0.1) is 0 Å². The standard InChI is InChI=1S/C18H25ClN2O2/c19-16-7-5-14(6-8-16)17(22)13-20-9-11-21(12-10-20)18(23)15-3-1-2-4-15/h5-8,15,17,22H,1-4,9-13H2/t17-/m1/s1. The third kappa shape index (κ3) is 4.25. The van der Waals surface area contributed by atoms with Crippen molar-refractivity contribution in [2.75, 3.05) is 32.7 Å². The summed E-state index contributed by atoms with van der Waals surface area (Å²) in [5.41, 5.74) is 0.888. The Hall–Kier alpha value is -1.10. The van der Waals surface area contributed by atoms with E-state index in [0.717, 1.165) is 44.6 Å². The third-order valence-corrected chi connectivity index (χ3v) is 5.33. The molecular weight excluding hydrogens is 312 g/mol. The molecule has 1 saturated heterocycles. The second-order valence-electron chi connectivity index (χ2n) is 6.67. The van der Waals surface area contributed by atoms with E-state index in [1.54, 1.807) is 12.1 Å². The predicted molar refractivity (Wildman–Crippen MR) is 91.4 cm³/mol. The van der Waals surface area contributed by atoms with Crippen molar-refractivity contribution in [1.82, 2.24) is 9.80 Å². The highest BCUT2D eigenvalue weighted by Gasteiger charge is 2.29. The van der Waals surface area contributed by atoms with Crippen molar-refractivity contribution in [3.05, 3.63) is 34.9 Å². The minimum atomic E-state index is -0.510. The van der Waals surface area contributed by atoms with Gasteiger partial charge in [-0.2, -0.15) is 0 Å². The van der Waals surface area contributed by atoms with Crippen LogP contribution in [-0.2, 0) is 4.79 Å². The van der Waals surface area contributed by atoms with Crippen LogP contribution >= 0.6 is 11.6 Å². The van der Waals surface area contributed by atoms with Gasteiger partial charge in [0.1, 0.15) is 0 Å². The monoisotopic (exact) mass is 336 g/mol. The molecular formula is C18H25ClN2O2. The summed E-state index contributed by atoms with van der Waals surface area (Å²) in [4.78, 5) is 16.7. The molecule has 1 heterocycles. The number of amides is 1. The minimum absolute atomic E-state index is 0.265. The maximum absolute atomic E-state index is 12.4. The molecule has 0 unspecified atom stereocenters. The minimum Gasteiger partial charge on any atom is -0.387 e. The van der Waals surface area contributed by atoms with Crippen LogP contribution in [0.3, 0.4) is 0 Å². The Morgan fingerprint density at radius 3 is 2.35 bits per heavy atom. The zero-order chi connectivity index (χ0) is 16.2. The number of piperazine rings is 1. The van der Waals surface area contributed by atoms with Gasteiger partial charge in [0, 0.05) is 43.7 Å². The van der Waals surface area contributed by atoms with Crippen molar-refractivity contribution in [3.63, 3.8) is 0 Å². The van der Waals surface area contributed by atoms with Gasteiger partial charge in [0.2, 0.25) is 5.91 Å². The topological polar surface area (TPSA) is 43.8 Å². The molecule has 0 bridgehead atoms. The fourth-order valence-electron chi connectivity index (χ4n) is 3.62. The molecule has 3 rings (SSSR count). The lowest BCUT2D eigenvalue weighted by Crippen LogP contribution is -2.50. The van der Waals surface area contributed by atoms with Crippen LogP contribution in [-0.4, -0.2) is 53.5 Å². The van der Waals surface area contributed by atoms with Gasteiger partial charge in [-0.25, -0.2) is 0 Å². The number of aliphatic hydroxyl groups excluding tert-OH is 1. The molecule has 0 spiro atoms. The second-order valence-corrected chi connectivity index (χ2v) is 7.11. The van der Waals surface area contributed by atoms with E-state index in [-0.39, 0.29) is 5.92 Å². The van der Waals surface area contributed by atoms with Gasteiger partial charge in [0.25, 0.3) is 0 Å². The Morgan fingerprint density at radius 2 is 1.74 bits per heavy atom. The third-order valence-electron chi connectivity index (χ3n) is 5.07. The predicted octanol–water partition coefficient (Wildman–Crippen LogP) is 2.71. The molecule has 1 N–H and O–H groups in total. The molecule has 5 heteroatoms. The summed E-state index contributed by atoms with van der Waals surface area (Å²) in [7, 11) is 0. The molecule has 0 aromatic heterocycles. The smallest absolute Gasteiger partial charge is 0.225 e. The Labute approximate surface area is 143 Å². The summed E-state index contributed by atoms with van der Waals surface area (Å²) in [5.74, 6) is 0.613. The first-order chi connectivity index (χ1) is 11.1. The van der Waals surface area contributed by atoms with Crippen molar-refractivity contribution < 1.29 is 9.90 Å². The van der Waals surface area contributed by atoms with Crippen molar-refractivity contribution in [2.24, 2.45) is 5.92 Å². The Morgan fingerprint density at radius 1 is 1.13 bits per heavy atom. The molecule has 2 aliphatic rings. The van der Waals surface area contributed by atoms with Crippen LogP contribution in [0.25, 0.3) is 0 Å². The lowest BCUT2D eigenvalue weighted by molar-refractivity contribution is -0.137. The summed E-state index contributed by atoms with van der Waals surface area (Å²) in [6.07, 6.45) is 4.01. The summed E-state index contributed by atoms with van der Waals surface area (Å²) >= 11 is 5.88. The Balaban J connectivity index is 1.47. The molecule has 1 aliphatic heterocycles. The highest BCUT2D eigenvalue weighted by Crippen LogP contribution is 2.27. The number of carbonyl (C=O) groups excluding carboxylic acids is 1. The van der Waals surface area contributed by atoms with E-state index in [1.165, 1.54) is 12.8 Å².